The Balaban J connectivity index is 2.36. The highest BCUT2D eigenvalue weighted by molar-refractivity contribution is 5.37. The third-order valence-corrected chi connectivity index (χ3v) is 2.63. The number of rotatable bonds is 3. The summed E-state index contributed by atoms with van der Waals surface area (Å²) in [4.78, 5) is 0. The number of hydrogen-bond acceptors (Lipinski definition) is 2. The number of benzene rings is 2. The average Bonchev–Trinajstić information content (AvgIpc) is 2.40. The van der Waals surface area contributed by atoms with Crippen LogP contribution < -0.4 is 4.74 Å². The van der Waals surface area contributed by atoms with Crippen molar-refractivity contribution in [3.8, 4) is 5.75 Å². The van der Waals surface area contributed by atoms with Gasteiger partial charge >= 0.3 is 6.36 Å². The van der Waals surface area contributed by atoms with Crippen LogP contribution in [0.4, 0.5) is 17.6 Å². The SMILES string of the molecule is OC(c1ccccc1)c1cccc(OC(F)(F)F)c1F. The predicted octanol–water partition coefficient (Wildman–Crippen LogP) is 3.81. The summed E-state index contributed by atoms with van der Waals surface area (Å²) in [6, 6.07) is 11.3. The summed E-state index contributed by atoms with van der Waals surface area (Å²) in [5.74, 6) is -2.20. The van der Waals surface area contributed by atoms with Crippen LogP contribution in [0.5, 0.6) is 5.75 Å². The summed E-state index contributed by atoms with van der Waals surface area (Å²) >= 11 is 0. The first-order valence-corrected chi connectivity index (χ1v) is 5.65. The van der Waals surface area contributed by atoms with E-state index in [4.69, 9.17) is 0 Å². The molecule has 2 aromatic rings. The van der Waals surface area contributed by atoms with Crippen LogP contribution >= 0.6 is 0 Å². The zero-order valence-corrected chi connectivity index (χ0v) is 10.1. The molecule has 0 aliphatic heterocycles. The van der Waals surface area contributed by atoms with E-state index in [2.05, 4.69) is 4.74 Å². The smallest absolute Gasteiger partial charge is 0.403 e. The lowest BCUT2D eigenvalue weighted by atomic mass is 10.0. The molecule has 0 saturated carbocycles. The minimum absolute atomic E-state index is 0.280. The molecule has 2 rings (SSSR count). The second-order valence-electron chi connectivity index (χ2n) is 4.02. The molecule has 1 unspecified atom stereocenters. The van der Waals surface area contributed by atoms with Crippen LogP contribution in [0.1, 0.15) is 17.2 Å². The molecule has 0 fully saturated rings. The molecule has 0 bridgehead atoms. The van der Waals surface area contributed by atoms with Gasteiger partial charge in [-0.2, -0.15) is 0 Å². The van der Waals surface area contributed by atoms with Crippen molar-refractivity contribution in [3.63, 3.8) is 0 Å². The van der Waals surface area contributed by atoms with Crippen molar-refractivity contribution in [1.29, 1.82) is 0 Å². The first kappa shape index (κ1) is 14.3. The molecule has 0 amide bonds. The molecule has 0 aliphatic carbocycles. The summed E-state index contributed by atoms with van der Waals surface area (Å²) in [5.41, 5.74) is 0.0912. The van der Waals surface area contributed by atoms with Crippen molar-refractivity contribution in [1.82, 2.24) is 0 Å². The molecule has 2 aromatic carbocycles. The van der Waals surface area contributed by atoms with Crippen molar-refractivity contribution < 1.29 is 27.4 Å². The van der Waals surface area contributed by atoms with Crippen molar-refractivity contribution in [2.45, 2.75) is 12.5 Å². The van der Waals surface area contributed by atoms with Crippen LogP contribution in [0.2, 0.25) is 0 Å². The van der Waals surface area contributed by atoms with Gasteiger partial charge in [0.25, 0.3) is 0 Å². The van der Waals surface area contributed by atoms with E-state index in [0.29, 0.717) is 5.56 Å². The highest BCUT2D eigenvalue weighted by atomic mass is 19.4. The van der Waals surface area contributed by atoms with E-state index in [9.17, 15) is 22.7 Å². The van der Waals surface area contributed by atoms with Gasteiger partial charge in [-0.25, -0.2) is 4.39 Å². The number of ether oxygens (including phenoxy) is 1. The van der Waals surface area contributed by atoms with Gasteiger partial charge in [-0.05, 0) is 11.6 Å². The van der Waals surface area contributed by atoms with Gasteiger partial charge in [0.2, 0.25) is 0 Å². The Labute approximate surface area is 112 Å². The molecule has 2 nitrogen and oxygen atoms in total. The van der Waals surface area contributed by atoms with Crippen molar-refractivity contribution in [2.24, 2.45) is 0 Å². The zero-order valence-electron chi connectivity index (χ0n) is 10.1. The number of alkyl halides is 3. The highest BCUT2D eigenvalue weighted by Gasteiger charge is 2.33. The van der Waals surface area contributed by atoms with Crippen LogP contribution in [-0.4, -0.2) is 11.5 Å². The predicted molar refractivity (Wildman–Crippen MR) is 63.6 cm³/mol. The lowest BCUT2D eigenvalue weighted by Gasteiger charge is -2.15. The van der Waals surface area contributed by atoms with Gasteiger partial charge in [-0.1, -0.05) is 42.5 Å². The minimum Gasteiger partial charge on any atom is -0.403 e. The van der Waals surface area contributed by atoms with E-state index in [1.807, 2.05) is 0 Å². The Morgan fingerprint density at radius 3 is 2.20 bits per heavy atom. The van der Waals surface area contributed by atoms with Gasteiger partial charge in [0, 0.05) is 5.56 Å². The monoisotopic (exact) mass is 286 g/mol. The first-order valence-electron chi connectivity index (χ1n) is 5.65. The molecular weight excluding hydrogens is 276 g/mol. The third-order valence-electron chi connectivity index (χ3n) is 2.63. The first-order chi connectivity index (χ1) is 9.38. The lowest BCUT2D eigenvalue weighted by Crippen LogP contribution is -2.18. The Morgan fingerprint density at radius 1 is 0.950 bits per heavy atom. The Bertz CT molecular complexity index is 581. The molecule has 0 spiro atoms. The summed E-state index contributed by atoms with van der Waals surface area (Å²) in [7, 11) is 0. The van der Waals surface area contributed by atoms with Gasteiger partial charge in [-0.15, -0.1) is 13.2 Å². The summed E-state index contributed by atoms with van der Waals surface area (Å²) in [6.45, 7) is 0. The summed E-state index contributed by atoms with van der Waals surface area (Å²) in [5, 5.41) is 10.0. The molecule has 0 aromatic heterocycles. The maximum atomic E-state index is 14.0. The molecule has 20 heavy (non-hydrogen) atoms. The van der Waals surface area contributed by atoms with Gasteiger partial charge in [-0.3, -0.25) is 0 Å². The third kappa shape index (κ3) is 3.27. The van der Waals surface area contributed by atoms with E-state index >= 15 is 0 Å². The maximum Gasteiger partial charge on any atom is 0.573 e. The van der Waals surface area contributed by atoms with E-state index in [1.165, 1.54) is 12.1 Å². The second kappa shape index (κ2) is 5.50. The standard InChI is InChI=1S/C14H10F4O2/c15-12-10(13(19)9-5-2-1-3-6-9)7-4-8-11(12)20-14(16,17)18/h1-8,13,19H. The minimum atomic E-state index is -4.99. The van der Waals surface area contributed by atoms with E-state index in [1.54, 1.807) is 30.3 Å². The second-order valence-corrected chi connectivity index (χ2v) is 4.02. The molecule has 1 atom stereocenters. The van der Waals surface area contributed by atoms with E-state index in [-0.39, 0.29) is 5.56 Å². The summed E-state index contributed by atoms with van der Waals surface area (Å²) in [6.07, 6.45) is -6.36. The Morgan fingerprint density at radius 2 is 1.60 bits per heavy atom. The van der Waals surface area contributed by atoms with Crippen LogP contribution in [-0.2, 0) is 0 Å². The molecular formula is C14H10F4O2. The Hall–Kier alpha value is -2.08. The number of hydrogen-bond donors (Lipinski definition) is 1. The van der Waals surface area contributed by atoms with Gasteiger partial charge in [0.1, 0.15) is 6.10 Å². The van der Waals surface area contributed by atoms with Crippen LogP contribution in [0.25, 0.3) is 0 Å². The number of halogens is 4. The maximum absolute atomic E-state index is 14.0. The van der Waals surface area contributed by atoms with Crippen LogP contribution in [0, 0.1) is 5.82 Å². The summed E-state index contributed by atoms with van der Waals surface area (Å²) < 4.78 is 53.9. The average molecular weight is 286 g/mol. The normalized spacial score (nSPS) is 13.1. The fourth-order valence-corrected chi connectivity index (χ4v) is 1.76. The molecule has 106 valence electrons. The fraction of sp³-hybridized carbons (Fsp3) is 0.143. The fourth-order valence-electron chi connectivity index (χ4n) is 1.76. The van der Waals surface area contributed by atoms with Crippen LogP contribution in [0.3, 0.4) is 0 Å². The van der Waals surface area contributed by atoms with E-state index in [0.717, 1.165) is 6.07 Å². The molecule has 0 heterocycles. The number of aliphatic hydroxyl groups excluding tert-OH is 1. The highest BCUT2D eigenvalue weighted by Crippen LogP contribution is 2.32. The van der Waals surface area contributed by atoms with Crippen molar-refractivity contribution in [3.05, 3.63) is 65.5 Å². The molecule has 6 heteroatoms. The van der Waals surface area contributed by atoms with Crippen molar-refractivity contribution in [2.75, 3.05) is 0 Å². The van der Waals surface area contributed by atoms with Gasteiger partial charge < -0.3 is 9.84 Å². The van der Waals surface area contributed by atoms with Gasteiger partial charge in [0.05, 0.1) is 0 Å². The van der Waals surface area contributed by atoms with Crippen molar-refractivity contribution >= 4 is 0 Å². The lowest BCUT2D eigenvalue weighted by molar-refractivity contribution is -0.275. The van der Waals surface area contributed by atoms with Gasteiger partial charge in [0.15, 0.2) is 11.6 Å². The molecule has 1 N–H and O–H groups in total. The quantitative estimate of drug-likeness (QED) is 0.869. The van der Waals surface area contributed by atoms with E-state index < -0.39 is 24.0 Å². The Kier molecular flexibility index (Phi) is 3.94. The van der Waals surface area contributed by atoms with Crippen LogP contribution in [0.15, 0.2) is 48.5 Å². The topological polar surface area (TPSA) is 29.5 Å². The zero-order chi connectivity index (χ0) is 14.8. The largest absolute Gasteiger partial charge is 0.573 e. The molecule has 0 radical (unpaired) electrons. The molecule has 0 saturated heterocycles. The number of aliphatic hydroxyl groups is 1. The molecule has 0 aliphatic rings.